The van der Waals surface area contributed by atoms with Gasteiger partial charge in [-0.1, -0.05) is 18.2 Å². The fourth-order valence-corrected chi connectivity index (χ4v) is 2.64. The van der Waals surface area contributed by atoms with Crippen molar-refractivity contribution in [3.63, 3.8) is 0 Å². The third kappa shape index (κ3) is 2.77. The third-order valence-corrected chi connectivity index (χ3v) is 3.76. The van der Waals surface area contributed by atoms with E-state index < -0.39 is 0 Å². The van der Waals surface area contributed by atoms with Gasteiger partial charge in [0.1, 0.15) is 5.69 Å². The standard InChI is InChI=1S/C16H19N3O2/c1-21-15-12-14(16(20)18-10-6-3-7-11-18)19(17-15)13-8-4-2-5-9-13/h2,4-5,8-9,12H,3,6-7,10-11H2,1H3. The summed E-state index contributed by atoms with van der Waals surface area (Å²) in [4.78, 5) is 14.6. The van der Waals surface area contributed by atoms with E-state index in [0.29, 0.717) is 11.6 Å². The zero-order valence-electron chi connectivity index (χ0n) is 12.2. The number of carbonyl (C=O) groups excluding carboxylic acids is 1. The first-order valence-corrected chi connectivity index (χ1v) is 7.28. The first kappa shape index (κ1) is 13.7. The van der Waals surface area contributed by atoms with Crippen LogP contribution in [0.5, 0.6) is 5.88 Å². The molecule has 0 bridgehead atoms. The lowest BCUT2D eigenvalue weighted by Gasteiger charge is -2.26. The predicted molar refractivity (Wildman–Crippen MR) is 79.9 cm³/mol. The van der Waals surface area contributed by atoms with Crippen molar-refractivity contribution in [2.24, 2.45) is 0 Å². The van der Waals surface area contributed by atoms with Gasteiger partial charge in [0.2, 0.25) is 5.88 Å². The zero-order valence-corrected chi connectivity index (χ0v) is 12.2. The zero-order chi connectivity index (χ0) is 14.7. The van der Waals surface area contributed by atoms with Gasteiger partial charge in [-0.05, 0) is 31.4 Å². The average molecular weight is 285 g/mol. The largest absolute Gasteiger partial charge is 0.480 e. The van der Waals surface area contributed by atoms with Crippen LogP contribution < -0.4 is 4.74 Å². The first-order chi connectivity index (χ1) is 10.3. The van der Waals surface area contributed by atoms with Gasteiger partial charge in [-0.2, -0.15) is 0 Å². The maximum Gasteiger partial charge on any atom is 0.272 e. The number of piperidine rings is 1. The molecule has 1 amide bonds. The van der Waals surface area contributed by atoms with Crippen molar-refractivity contribution in [1.82, 2.24) is 14.7 Å². The van der Waals surface area contributed by atoms with E-state index in [4.69, 9.17) is 4.74 Å². The first-order valence-electron chi connectivity index (χ1n) is 7.28. The molecule has 0 atom stereocenters. The molecule has 5 heteroatoms. The van der Waals surface area contributed by atoms with Gasteiger partial charge in [-0.3, -0.25) is 4.79 Å². The maximum atomic E-state index is 12.7. The Kier molecular flexibility index (Phi) is 3.90. The topological polar surface area (TPSA) is 47.4 Å². The summed E-state index contributed by atoms with van der Waals surface area (Å²) in [6.07, 6.45) is 3.34. The number of benzene rings is 1. The minimum Gasteiger partial charge on any atom is -0.480 e. The molecule has 3 rings (SSSR count). The summed E-state index contributed by atoms with van der Waals surface area (Å²) < 4.78 is 6.85. The van der Waals surface area contributed by atoms with Crippen LogP contribution in [0.2, 0.25) is 0 Å². The van der Waals surface area contributed by atoms with E-state index in [1.54, 1.807) is 17.9 Å². The molecule has 5 nitrogen and oxygen atoms in total. The van der Waals surface area contributed by atoms with Crippen LogP contribution in [0.15, 0.2) is 36.4 Å². The Morgan fingerprint density at radius 2 is 1.86 bits per heavy atom. The van der Waals surface area contributed by atoms with Gasteiger partial charge in [-0.25, -0.2) is 4.68 Å². The van der Waals surface area contributed by atoms with E-state index in [2.05, 4.69) is 5.10 Å². The summed E-state index contributed by atoms with van der Waals surface area (Å²) >= 11 is 0. The SMILES string of the molecule is COc1cc(C(=O)N2CCCCC2)n(-c2ccccc2)n1. The van der Waals surface area contributed by atoms with E-state index in [1.165, 1.54) is 6.42 Å². The summed E-state index contributed by atoms with van der Waals surface area (Å²) in [6.45, 7) is 1.64. The molecule has 0 radical (unpaired) electrons. The van der Waals surface area contributed by atoms with E-state index in [0.717, 1.165) is 31.6 Å². The average Bonchev–Trinajstić information content (AvgIpc) is 3.00. The molecule has 2 heterocycles. The second-order valence-corrected chi connectivity index (χ2v) is 5.17. The molecule has 110 valence electrons. The molecule has 2 aromatic rings. The van der Waals surface area contributed by atoms with Gasteiger partial charge in [-0.15, -0.1) is 5.10 Å². The van der Waals surface area contributed by atoms with Crippen LogP contribution in [-0.2, 0) is 0 Å². The van der Waals surface area contributed by atoms with Crippen molar-refractivity contribution >= 4 is 5.91 Å². The summed E-state index contributed by atoms with van der Waals surface area (Å²) in [5.74, 6) is 0.480. The van der Waals surface area contributed by atoms with Gasteiger partial charge >= 0.3 is 0 Å². The Labute approximate surface area is 124 Å². The molecule has 1 fully saturated rings. The molecule has 1 aromatic carbocycles. The fraction of sp³-hybridized carbons (Fsp3) is 0.375. The Morgan fingerprint density at radius 1 is 1.14 bits per heavy atom. The fourth-order valence-electron chi connectivity index (χ4n) is 2.64. The number of hydrogen-bond donors (Lipinski definition) is 0. The lowest BCUT2D eigenvalue weighted by molar-refractivity contribution is 0.0715. The van der Waals surface area contributed by atoms with Gasteiger partial charge in [0.15, 0.2) is 0 Å². The van der Waals surface area contributed by atoms with Crippen molar-refractivity contribution in [2.75, 3.05) is 20.2 Å². The van der Waals surface area contributed by atoms with Gasteiger partial charge in [0, 0.05) is 19.2 Å². The van der Waals surface area contributed by atoms with Crippen LogP contribution >= 0.6 is 0 Å². The lowest BCUT2D eigenvalue weighted by atomic mass is 10.1. The van der Waals surface area contributed by atoms with Crippen LogP contribution in [0.4, 0.5) is 0 Å². The number of ether oxygens (including phenoxy) is 1. The minimum absolute atomic E-state index is 0.0225. The van der Waals surface area contributed by atoms with Crippen LogP contribution in [0.3, 0.4) is 0 Å². The number of likely N-dealkylation sites (tertiary alicyclic amines) is 1. The second-order valence-electron chi connectivity index (χ2n) is 5.17. The predicted octanol–water partition coefficient (Wildman–Crippen LogP) is 2.51. The molecular formula is C16H19N3O2. The van der Waals surface area contributed by atoms with E-state index in [9.17, 15) is 4.79 Å². The highest BCUT2D eigenvalue weighted by Crippen LogP contribution is 2.20. The molecule has 1 aliphatic rings. The maximum absolute atomic E-state index is 12.7. The Bertz CT molecular complexity index is 616. The van der Waals surface area contributed by atoms with E-state index >= 15 is 0 Å². The third-order valence-electron chi connectivity index (χ3n) is 3.76. The summed E-state index contributed by atoms with van der Waals surface area (Å²) in [6, 6.07) is 11.4. The van der Waals surface area contributed by atoms with Crippen molar-refractivity contribution < 1.29 is 9.53 Å². The molecule has 0 N–H and O–H groups in total. The van der Waals surface area contributed by atoms with E-state index in [1.807, 2.05) is 35.2 Å². The summed E-state index contributed by atoms with van der Waals surface area (Å²) in [5.41, 5.74) is 1.42. The van der Waals surface area contributed by atoms with Gasteiger partial charge in [0.25, 0.3) is 5.91 Å². The number of methoxy groups -OCH3 is 1. The number of amides is 1. The highest BCUT2D eigenvalue weighted by atomic mass is 16.5. The van der Waals surface area contributed by atoms with Crippen LogP contribution in [0.25, 0.3) is 5.69 Å². The monoisotopic (exact) mass is 285 g/mol. The van der Waals surface area contributed by atoms with E-state index in [-0.39, 0.29) is 5.91 Å². The molecule has 0 spiro atoms. The molecule has 0 saturated carbocycles. The second kappa shape index (κ2) is 5.99. The van der Waals surface area contributed by atoms with Crippen molar-refractivity contribution in [2.45, 2.75) is 19.3 Å². The van der Waals surface area contributed by atoms with Crippen LogP contribution in [0.1, 0.15) is 29.8 Å². The normalized spacial score (nSPS) is 15.0. The number of nitrogens with zero attached hydrogens (tertiary/aromatic N) is 3. The molecule has 21 heavy (non-hydrogen) atoms. The molecule has 1 saturated heterocycles. The minimum atomic E-state index is 0.0225. The van der Waals surface area contributed by atoms with Crippen LogP contribution in [-0.4, -0.2) is 40.8 Å². The summed E-state index contributed by atoms with van der Waals surface area (Å²) in [5, 5.41) is 4.36. The molecule has 0 unspecified atom stereocenters. The molecular weight excluding hydrogens is 266 g/mol. The van der Waals surface area contributed by atoms with Crippen molar-refractivity contribution in [3.8, 4) is 11.6 Å². The quantitative estimate of drug-likeness (QED) is 0.870. The molecule has 1 aromatic heterocycles. The number of para-hydroxylation sites is 1. The summed E-state index contributed by atoms with van der Waals surface area (Å²) in [7, 11) is 1.56. The number of carbonyl (C=O) groups is 1. The number of rotatable bonds is 3. The lowest BCUT2D eigenvalue weighted by Crippen LogP contribution is -2.36. The Morgan fingerprint density at radius 3 is 2.52 bits per heavy atom. The highest BCUT2D eigenvalue weighted by Gasteiger charge is 2.23. The Hall–Kier alpha value is -2.30. The number of hydrogen-bond acceptors (Lipinski definition) is 3. The number of aromatic nitrogens is 2. The van der Waals surface area contributed by atoms with Gasteiger partial charge < -0.3 is 9.64 Å². The molecule has 1 aliphatic heterocycles. The molecule has 0 aliphatic carbocycles. The highest BCUT2D eigenvalue weighted by molar-refractivity contribution is 5.93. The van der Waals surface area contributed by atoms with Crippen molar-refractivity contribution in [1.29, 1.82) is 0 Å². The van der Waals surface area contributed by atoms with Crippen molar-refractivity contribution in [3.05, 3.63) is 42.1 Å². The Balaban J connectivity index is 1.97. The smallest absolute Gasteiger partial charge is 0.272 e. The van der Waals surface area contributed by atoms with Gasteiger partial charge in [0.05, 0.1) is 12.8 Å². The van der Waals surface area contributed by atoms with Crippen LogP contribution in [0, 0.1) is 0 Å².